The Morgan fingerprint density at radius 1 is 1.18 bits per heavy atom. The van der Waals surface area contributed by atoms with Crippen molar-refractivity contribution in [2.75, 3.05) is 5.32 Å². The number of benzene rings is 1. The van der Waals surface area contributed by atoms with Crippen molar-refractivity contribution in [1.29, 1.82) is 0 Å². The lowest BCUT2D eigenvalue weighted by Gasteiger charge is -2.22. The molecular formula is C18H15Cl3N4O3. The number of halogens is 3. The van der Waals surface area contributed by atoms with Gasteiger partial charge in [0.1, 0.15) is 11.2 Å². The average Bonchev–Trinajstić information content (AvgIpc) is 3.04. The Labute approximate surface area is 176 Å². The summed E-state index contributed by atoms with van der Waals surface area (Å²) < 4.78 is 0. The van der Waals surface area contributed by atoms with E-state index in [2.05, 4.69) is 15.6 Å². The first-order valence-electron chi connectivity index (χ1n) is 8.31. The lowest BCUT2D eigenvalue weighted by molar-refractivity contribution is -0.132. The normalized spacial score (nSPS) is 16.2. The zero-order valence-corrected chi connectivity index (χ0v) is 16.7. The first-order chi connectivity index (χ1) is 13.3. The van der Waals surface area contributed by atoms with Crippen molar-refractivity contribution in [2.45, 2.75) is 25.4 Å². The molecule has 0 spiro atoms. The number of nitrogens with one attached hydrogen (secondary N) is 2. The molecule has 0 bridgehead atoms. The van der Waals surface area contributed by atoms with Gasteiger partial charge >= 0.3 is 6.03 Å². The molecule has 2 aromatic rings. The van der Waals surface area contributed by atoms with Gasteiger partial charge in [0.05, 0.1) is 11.9 Å². The molecule has 4 amide bonds. The molecule has 2 heterocycles. The van der Waals surface area contributed by atoms with Crippen LogP contribution in [0.5, 0.6) is 0 Å². The van der Waals surface area contributed by atoms with Gasteiger partial charge in [0.25, 0.3) is 0 Å². The number of imide groups is 1. The summed E-state index contributed by atoms with van der Waals surface area (Å²) >= 11 is 17.7. The van der Waals surface area contributed by atoms with Gasteiger partial charge in [0.2, 0.25) is 11.8 Å². The Bertz CT molecular complexity index is 921. The molecule has 146 valence electrons. The number of hydrogen-bond donors (Lipinski definition) is 2. The number of urea groups is 1. The molecule has 1 aromatic carbocycles. The Hall–Kier alpha value is -2.35. The van der Waals surface area contributed by atoms with E-state index in [9.17, 15) is 14.4 Å². The predicted molar refractivity (Wildman–Crippen MR) is 106 cm³/mol. The second kappa shape index (κ2) is 8.77. The Morgan fingerprint density at radius 3 is 2.64 bits per heavy atom. The predicted octanol–water partition coefficient (Wildman–Crippen LogP) is 3.88. The molecule has 1 aliphatic heterocycles. The van der Waals surface area contributed by atoms with Gasteiger partial charge in [-0.1, -0.05) is 40.9 Å². The number of amides is 4. The first-order valence-corrected chi connectivity index (χ1v) is 9.45. The summed E-state index contributed by atoms with van der Waals surface area (Å²) in [7, 11) is 0. The molecule has 3 rings (SSSR count). The monoisotopic (exact) mass is 440 g/mol. The number of likely N-dealkylation sites (tertiary alicyclic amines) is 1. The van der Waals surface area contributed by atoms with E-state index in [0.29, 0.717) is 21.3 Å². The molecular weight excluding hydrogens is 427 g/mol. The fraction of sp³-hybridized carbons (Fsp3) is 0.222. The number of anilines is 1. The van der Waals surface area contributed by atoms with Crippen molar-refractivity contribution in [3.05, 3.63) is 57.3 Å². The number of carbonyl (C=O) groups excluding carboxylic acids is 3. The van der Waals surface area contributed by atoms with E-state index in [0.717, 1.165) is 4.90 Å². The van der Waals surface area contributed by atoms with E-state index in [1.165, 1.54) is 12.3 Å². The number of rotatable bonds is 4. The zero-order valence-electron chi connectivity index (χ0n) is 14.4. The summed E-state index contributed by atoms with van der Waals surface area (Å²) in [5, 5.41) is 6.43. The lowest BCUT2D eigenvalue weighted by atomic mass is 10.2. The van der Waals surface area contributed by atoms with Gasteiger partial charge < -0.3 is 10.6 Å². The van der Waals surface area contributed by atoms with Crippen LogP contribution in [0.15, 0.2) is 36.5 Å². The largest absolute Gasteiger partial charge is 0.350 e. The van der Waals surface area contributed by atoms with Gasteiger partial charge in [0.15, 0.2) is 0 Å². The number of pyridine rings is 1. The molecule has 0 aliphatic carbocycles. The van der Waals surface area contributed by atoms with E-state index in [1.54, 1.807) is 24.3 Å². The fourth-order valence-electron chi connectivity index (χ4n) is 2.79. The quantitative estimate of drug-likeness (QED) is 0.704. The van der Waals surface area contributed by atoms with Gasteiger partial charge in [-0.15, -0.1) is 0 Å². The second-order valence-electron chi connectivity index (χ2n) is 6.07. The molecule has 10 heteroatoms. The van der Waals surface area contributed by atoms with E-state index >= 15 is 0 Å². The fourth-order valence-corrected chi connectivity index (χ4v) is 3.37. The van der Waals surface area contributed by atoms with Gasteiger partial charge in [-0.05, 0) is 36.2 Å². The molecule has 1 aliphatic rings. The highest BCUT2D eigenvalue weighted by Crippen LogP contribution is 2.23. The highest BCUT2D eigenvalue weighted by Gasteiger charge is 2.40. The summed E-state index contributed by atoms with van der Waals surface area (Å²) in [6, 6.07) is 6.38. The number of aromatic nitrogens is 1. The van der Waals surface area contributed by atoms with Crippen molar-refractivity contribution in [3.8, 4) is 0 Å². The van der Waals surface area contributed by atoms with Crippen LogP contribution in [-0.2, 0) is 16.1 Å². The Balaban J connectivity index is 1.65. The van der Waals surface area contributed by atoms with Crippen molar-refractivity contribution < 1.29 is 14.4 Å². The number of nitrogens with zero attached hydrogens (tertiary/aromatic N) is 2. The van der Waals surface area contributed by atoms with Crippen LogP contribution in [0.1, 0.15) is 18.4 Å². The van der Waals surface area contributed by atoms with E-state index in [-0.39, 0.29) is 24.5 Å². The van der Waals surface area contributed by atoms with Crippen molar-refractivity contribution in [1.82, 2.24) is 15.2 Å². The van der Waals surface area contributed by atoms with Crippen LogP contribution in [0.3, 0.4) is 0 Å². The van der Waals surface area contributed by atoms with Crippen LogP contribution >= 0.6 is 34.8 Å². The van der Waals surface area contributed by atoms with Crippen molar-refractivity contribution in [2.24, 2.45) is 0 Å². The summed E-state index contributed by atoms with van der Waals surface area (Å²) in [5.74, 6) is -0.870. The second-order valence-corrected chi connectivity index (χ2v) is 7.30. The molecule has 1 fully saturated rings. The standard InChI is InChI=1S/C18H15Cl3N4O3/c19-11-2-1-10(13(20)7-11)8-23-17(27)14-4-6-16(26)25(14)18(28)24-12-3-5-15(21)22-9-12/h1-3,5,7,9,14H,4,6,8H2,(H,23,27)(H,24,28). The number of hydrogen-bond acceptors (Lipinski definition) is 4. The maximum absolute atomic E-state index is 12.6. The van der Waals surface area contributed by atoms with Gasteiger partial charge in [-0.3, -0.25) is 14.5 Å². The summed E-state index contributed by atoms with van der Waals surface area (Å²) in [6.45, 7) is 0.149. The molecule has 1 saturated heterocycles. The molecule has 0 radical (unpaired) electrons. The maximum atomic E-state index is 12.6. The summed E-state index contributed by atoms with van der Waals surface area (Å²) in [4.78, 5) is 42.0. The molecule has 0 saturated carbocycles. The van der Waals surface area contributed by atoms with Crippen molar-refractivity contribution in [3.63, 3.8) is 0 Å². The van der Waals surface area contributed by atoms with E-state index in [4.69, 9.17) is 34.8 Å². The molecule has 28 heavy (non-hydrogen) atoms. The van der Waals surface area contributed by atoms with Gasteiger partial charge in [0, 0.05) is 23.0 Å². The highest BCUT2D eigenvalue weighted by atomic mass is 35.5. The zero-order chi connectivity index (χ0) is 20.3. The smallest absolute Gasteiger partial charge is 0.329 e. The maximum Gasteiger partial charge on any atom is 0.329 e. The van der Waals surface area contributed by atoms with Crippen molar-refractivity contribution >= 4 is 58.3 Å². The number of carbonyl (C=O) groups is 3. The van der Waals surface area contributed by atoms with Gasteiger partial charge in [-0.25, -0.2) is 9.78 Å². The van der Waals surface area contributed by atoms with E-state index < -0.39 is 23.9 Å². The molecule has 1 atom stereocenters. The Morgan fingerprint density at radius 2 is 1.96 bits per heavy atom. The minimum absolute atomic E-state index is 0.103. The molecule has 7 nitrogen and oxygen atoms in total. The molecule has 1 unspecified atom stereocenters. The van der Waals surface area contributed by atoms with Crippen LogP contribution in [-0.4, -0.2) is 33.8 Å². The van der Waals surface area contributed by atoms with E-state index in [1.807, 2.05) is 0 Å². The third-order valence-corrected chi connectivity index (χ3v) is 4.99. The molecule has 1 aromatic heterocycles. The van der Waals surface area contributed by atoms with Gasteiger partial charge in [-0.2, -0.15) is 0 Å². The van der Waals surface area contributed by atoms with Crippen LogP contribution < -0.4 is 10.6 Å². The minimum atomic E-state index is -0.904. The summed E-state index contributed by atoms with van der Waals surface area (Å²) in [5.41, 5.74) is 1.04. The van der Waals surface area contributed by atoms with Crippen LogP contribution in [0.2, 0.25) is 15.2 Å². The SMILES string of the molecule is O=C(NCc1ccc(Cl)cc1Cl)C1CCC(=O)N1C(=O)Nc1ccc(Cl)nc1. The third-order valence-electron chi connectivity index (χ3n) is 4.18. The van der Waals surface area contributed by atoms with Crippen LogP contribution in [0.25, 0.3) is 0 Å². The summed E-state index contributed by atoms with van der Waals surface area (Å²) in [6.07, 6.45) is 1.70. The highest BCUT2D eigenvalue weighted by molar-refractivity contribution is 6.35. The minimum Gasteiger partial charge on any atom is -0.350 e. The molecule has 2 N–H and O–H groups in total. The third kappa shape index (κ3) is 4.73. The van der Waals surface area contributed by atoms with Crippen LogP contribution in [0, 0.1) is 0 Å². The first kappa shape index (κ1) is 20.4. The van der Waals surface area contributed by atoms with Crippen LogP contribution in [0.4, 0.5) is 10.5 Å². The lowest BCUT2D eigenvalue weighted by Crippen LogP contribution is -2.49. The topological polar surface area (TPSA) is 91.4 Å². The Kier molecular flexibility index (Phi) is 6.39. The average molecular weight is 442 g/mol.